The van der Waals surface area contributed by atoms with Gasteiger partial charge in [0.1, 0.15) is 18.8 Å². The fraction of sp³-hybridized carbons (Fsp3) is 0.276. The molecule has 0 saturated carbocycles. The smallest absolute Gasteiger partial charge is 0.412 e. The number of carbonyl (C=O) groups excluding carboxylic acids is 2. The number of fused-ring (bicyclic) bond motifs is 3. The number of carboxylic acids is 1. The van der Waals surface area contributed by atoms with E-state index in [1.807, 2.05) is 48.5 Å². The van der Waals surface area contributed by atoms with E-state index in [4.69, 9.17) is 9.47 Å². The van der Waals surface area contributed by atoms with E-state index in [1.165, 1.54) is 0 Å². The van der Waals surface area contributed by atoms with E-state index in [9.17, 15) is 19.5 Å². The fourth-order valence-corrected chi connectivity index (χ4v) is 4.42. The Morgan fingerprint density at radius 3 is 2.14 bits per heavy atom. The minimum atomic E-state index is -1.16. The molecule has 2 N–H and O–H groups in total. The van der Waals surface area contributed by atoms with Crippen LogP contribution in [0.4, 0.5) is 15.3 Å². The van der Waals surface area contributed by atoms with Crippen LogP contribution in [0.3, 0.4) is 0 Å². The molecule has 37 heavy (non-hydrogen) atoms. The second-order valence-corrected chi connectivity index (χ2v) is 9.88. The molecule has 0 heterocycles. The van der Waals surface area contributed by atoms with Crippen LogP contribution >= 0.6 is 0 Å². The van der Waals surface area contributed by atoms with Crippen LogP contribution in [0.15, 0.2) is 72.8 Å². The first-order valence-corrected chi connectivity index (χ1v) is 12.0. The highest BCUT2D eigenvalue weighted by molar-refractivity contribution is 5.85. The lowest BCUT2D eigenvalue weighted by molar-refractivity contribution is -0.138. The molecule has 0 radical (unpaired) electrons. The number of hydrogen-bond donors (Lipinski definition) is 2. The number of carboxylic acid groups (broad SMARTS) is 1. The predicted octanol–water partition coefficient (Wildman–Crippen LogP) is 5.87. The zero-order chi connectivity index (χ0) is 26.6. The van der Waals surface area contributed by atoms with E-state index in [-0.39, 0.29) is 19.1 Å². The van der Waals surface area contributed by atoms with E-state index in [0.29, 0.717) is 11.3 Å². The number of amides is 2. The first-order valence-electron chi connectivity index (χ1n) is 12.0. The van der Waals surface area contributed by atoms with Crippen molar-refractivity contribution in [2.45, 2.75) is 38.8 Å². The van der Waals surface area contributed by atoms with Crippen molar-refractivity contribution in [3.8, 4) is 11.1 Å². The van der Waals surface area contributed by atoms with Crippen molar-refractivity contribution >= 4 is 23.8 Å². The number of nitrogens with zero attached hydrogens (tertiary/aromatic N) is 1. The summed E-state index contributed by atoms with van der Waals surface area (Å²) in [5.41, 5.74) is 4.80. The van der Waals surface area contributed by atoms with Crippen molar-refractivity contribution in [1.82, 2.24) is 4.90 Å². The number of ether oxygens (including phenoxy) is 2. The number of aliphatic carboxylic acids is 1. The maximum absolute atomic E-state index is 13.0. The Bertz CT molecular complexity index is 1270. The van der Waals surface area contributed by atoms with Crippen molar-refractivity contribution in [3.63, 3.8) is 0 Å². The first-order chi connectivity index (χ1) is 17.6. The van der Waals surface area contributed by atoms with Crippen LogP contribution in [-0.4, -0.2) is 46.9 Å². The lowest BCUT2D eigenvalue weighted by Crippen LogP contribution is -2.36. The van der Waals surface area contributed by atoms with Gasteiger partial charge in [0.2, 0.25) is 0 Å². The maximum Gasteiger partial charge on any atom is 0.412 e. The number of carbonyl (C=O) groups is 3. The predicted molar refractivity (Wildman–Crippen MR) is 139 cm³/mol. The Balaban J connectivity index is 1.45. The van der Waals surface area contributed by atoms with Gasteiger partial charge in [-0.25, -0.2) is 9.59 Å². The SMILES string of the molecule is CC(C)(C)OC(=O)Nc1cccc(CN(CC(=O)O)C(=O)OCC2c3ccccc3-c3ccccc32)c1. The zero-order valence-electron chi connectivity index (χ0n) is 21.1. The highest BCUT2D eigenvalue weighted by Gasteiger charge is 2.30. The number of nitrogens with one attached hydrogen (secondary N) is 1. The third kappa shape index (κ3) is 6.46. The summed E-state index contributed by atoms with van der Waals surface area (Å²) in [6.07, 6.45) is -1.33. The van der Waals surface area contributed by atoms with Crippen molar-refractivity contribution in [3.05, 3.63) is 89.5 Å². The maximum atomic E-state index is 13.0. The quantitative estimate of drug-likeness (QED) is 0.419. The number of benzene rings is 3. The van der Waals surface area contributed by atoms with Crippen molar-refractivity contribution < 1.29 is 29.0 Å². The standard InChI is InChI=1S/C29H30N2O6/c1-29(2,3)37-27(34)30-20-10-8-9-19(15-20)16-31(17-26(32)33)28(35)36-18-25-23-13-6-4-11-21(23)22-12-5-7-14-24(22)25/h4-15,25H,16-18H2,1-3H3,(H,30,34)(H,32,33). The van der Waals surface area contributed by atoms with E-state index >= 15 is 0 Å². The molecule has 1 aliphatic carbocycles. The molecular weight excluding hydrogens is 472 g/mol. The van der Waals surface area contributed by atoms with Crippen LogP contribution in [0.1, 0.15) is 43.4 Å². The molecule has 8 nitrogen and oxygen atoms in total. The summed E-state index contributed by atoms with van der Waals surface area (Å²) in [4.78, 5) is 37.8. The molecule has 0 bridgehead atoms. The Morgan fingerprint density at radius 1 is 0.919 bits per heavy atom. The van der Waals surface area contributed by atoms with Crippen LogP contribution in [0, 0.1) is 0 Å². The highest BCUT2D eigenvalue weighted by Crippen LogP contribution is 2.44. The summed E-state index contributed by atoms with van der Waals surface area (Å²) in [6.45, 7) is 4.85. The normalized spacial score (nSPS) is 12.3. The van der Waals surface area contributed by atoms with Gasteiger partial charge in [0.15, 0.2) is 0 Å². The summed E-state index contributed by atoms with van der Waals surface area (Å²) in [7, 11) is 0. The van der Waals surface area contributed by atoms with Gasteiger partial charge in [-0.15, -0.1) is 0 Å². The van der Waals surface area contributed by atoms with Gasteiger partial charge >= 0.3 is 18.2 Å². The van der Waals surface area contributed by atoms with Crippen molar-refractivity contribution in [2.75, 3.05) is 18.5 Å². The van der Waals surface area contributed by atoms with Crippen molar-refractivity contribution in [2.24, 2.45) is 0 Å². The van der Waals surface area contributed by atoms with E-state index < -0.39 is 30.3 Å². The molecule has 2 amide bonds. The summed E-state index contributed by atoms with van der Waals surface area (Å²) < 4.78 is 10.9. The first kappa shape index (κ1) is 25.8. The van der Waals surface area contributed by atoms with Crippen LogP contribution in [0.25, 0.3) is 11.1 Å². The van der Waals surface area contributed by atoms with Gasteiger partial charge in [-0.3, -0.25) is 15.0 Å². The van der Waals surface area contributed by atoms with Gasteiger partial charge in [0.05, 0.1) is 0 Å². The highest BCUT2D eigenvalue weighted by atomic mass is 16.6. The molecular formula is C29H30N2O6. The fourth-order valence-electron chi connectivity index (χ4n) is 4.42. The summed E-state index contributed by atoms with van der Waals surface area (Å²) in [5.74, 6) is -1.29. The molecule has 0 unspecified atom stereocenters. The van der Waals surface area contributed by atoms with Crippen molar-refractivity contribution in [1.29, 1.82) is 0 Å². The van der Waals surface area contributed by atoms with Crippen LogP contribution < -0.4 is 5.32 Å². The van der Waals surface area contributed by atoms with E-state index in [0.717, 1.165) is 27.2 Å². The second kappa shape index (κ2) is 10.7. The number of hydrogen-bond acceptors (Lipinski definition) is 5. The molecule has 4 rings (SSSR count). The molecule has 0 spiro atoms. The Labute approximate surface area is 215 Å². The second-order valence-electron chi connectivity index (χ2n) is 9.88. The molecule has 3 aromatic rings. The van der Waals surface area contributed by atoms with Gasteiger partial charge in [-0.05, 0) is 60.7 Å². The van der Waals surface area contributed by atoms with E-state index in [1.54, 1.807) is 45.0 Å². The van der Waals surface area contributed by atoms with E-state index in [2.05, 4.69) is 5.32 Å². The zero-order valence-corrected chi connectivity index (χ0v) is 21.1. The topological polar surface area (TPSA) is 105 Å². The Hall–Kier alpha value is -4.33. The Morgan fingerprint density at radius 2 is 1.54 bits per heavy atom. The van der Waals surface area contributed by atoms with Gasteiger partial charge in [0.25, 0.3) is 0 Å². The van der Waals surface area contributed by atoms with Crippen LogP contribution in [0.5, 0.6) is 0 Å². The molecule has 3 aromatic carbocycles. The molecule has 0 aliphatic heterocycles. The molecule has 0 fully saturated rings. The average molecular weight is 503 g/mol. The lowest BCUT2D eigenvalue weighted by Gasteiger charge is -2.23. The van der Waals surface area contributed by atoms with Gasteiger partial charge in [-0.2, -0.15) is 0 Å². The average Bonchev–Trinajstić information content (AvgIpc) is 3.14. The summed E-state index contributed by atoms with van der Waals surface area (Å²) >= 11 is 0. The number of anilines is 1. The van der Waals surface area contributed by atoms with Crippen LogP contribution in [0.2, 0.25) is 0 Å². The Kier molecular flexibility index (Phi) is 7.47. The monoisotopic (exact) mass is 502 g/mol. The van der Waals surface area contributed by atoms with Gasteiger partial charge < -0.3 is 14.6 Å². The van der Waals surface area contributed by atoms with Gasteiger partial charge in [-0.1, -0.05) is 60.7 Å². The lowest BCUT2D eigenvalue weighted by atomic mass is 9.98. The molecule has 8 heteroatoms. The summed E-state index contributed by atoms with van der Waals surface area (Å²) in [5, 5.41) is 12.1. The van der Waals surface area contributed by atoms with Crippen LogP contribution in [-0.2, 0) is 20.8 Å². The summed E-state index contributed by atoms with van der Waals surface area (Å²) in [6, 6.07) is 22.8. The molecule has 0 saturated heterocycles. The molecule has 192 valence electrons. The largest absolute Gasteiger partial charge is 0.480 e. The number of rotatable bonds is 7. The third-order valence-electron chi connectivity index (χ3n) is 5.87. The third-order valence-corrected chi connectivity index (χ3v) is 5.87. The van der Waals surface area contributed by atoms with Gasteiger partial charge in [0, 0.05) is 18.2 Å². The minimum absolute atomic E-state index is 0.00713. The molecule has 0 atom stereocenters. The molecule has 1 aliphatic rings. The minimum Gasteiger partial charge on any atom is -0.480 e. The molecule has 0 aromatic heterocycles.